The molecule has 0 amide bonds. The Morgan fingerprint density at radius 1 is 1.27 bits per heavy atom. The van der Waals surface area contributed by atoms with Gasteiger partial charge in [0.2, 0.25) is 0 Å². The zero-order valence-corrected chi connectivity index (χ0v) is 10.2. The van der Waals surface area contributed by atoms with Crippen molar-refractivity contribution in [2.45, 2.75) is 0 Å². The largest absolute Gasteiger partial charge is 1.00 e. The monoisotopic (exact) mass is 192 g/mol. The molecule has 1 rings (SSSR count). The van der Waals surface area contributed by atoms with Gasteiger partial charge < -0.3 is 13.7 Å². The van der Waals surface area contributed by atoms with E-state index in [1.165, 1.54) is 0 Å². The van der Waals surface area contributed by atoms with Gasteiger partial charge in [-0.3, -0.25) is 0 Å². The molecule has 0 aromatic heterocycles. The van der Waals surface area contributed by atoms with Crippen molar-refractivity contribution in [3.63, 3.8) is 0 Å². The smallest absolute Gasteiger partial charge is 0.554 e. The first-order valence-corrected chi connectivity index (χ1v) is 3.95. The minimum Gasteiger partial charge on any atom is -0.554 e. The number of hydrogen-bond donors (Lipinski definition) is 0. The molecule has 0 aliphatic carbocycles. The molecule has 1 aromatic rings. The fraction of sp³-hybridized carbons (Fsp3) is 0. The normalized spacial score (nSPS) is 8.00. The van der Waals surface area contributed by atoms with E-state index in [4.69, 9.17) is 0 Å². The van der Waals surface area contributed by atoms with E-state index in [2.05, 4.69) is 4.43 Å². The molecule has 3 nitrogen and oxygen atoms in total. The van der Waals surface area contributed by atoms with Crippen molar-refractivity contribution >= 4 is 9.17 Å². The van der Waals surface area contributed by atoms with Gasteiger partial charge in [0.1, 0.15) is 0 Å². The summed E-state index contributed by atoms with van der Waals surface area (Å²) < 4.78 is 14.4. The number of para-hydroxylation sites is 1. The van der Waals surface area contributed by atoms with Crippen LogP contribution in [0, 0.1) is 0 Å². The van der Waals surface area contributed by atoms with Gasteiger partial charge >= 0.3 is 60.6 Å². The summed E-state index contributed by atoms with van der Waals surface area (Å²) in [5, 5.41) is 0. The van der Waals surface area contributed by atoms with Crippen molar-refractivity contribution in [3.05, 3.63) is 30.3 Å². The van der Waals surface area contributed by atoms with Crippen LogP contribution in [0.25, 0.3) is 0 Å². The summed E-state index contributed by atoms with van der Waals surface area (Å²) >= 11 is 0. The van der Waals surface area contributed by atoms with Crippen LogP contribution in [0.3, 0.4) is 0 Å². The van der Waals surface area contributed by atoms with Gasteiger partial charge in [0.15, 0.2) is 0 Å². The molecule has 11 heavy (non-hydrogen) atoms. The maximum atomic E-state index is 10.0. The number of rotatable bonds is 2. The third kappa shape index (κ3) is 4.83. The Labute approximate surface area is 109 Å². The molecule has 52 valence electrons. The molecular weight excluding hydrogens is 187 g/mol. The maximum absolute atomic E-state index is 10.0. The molecule has 0 saturated carbocycles. The van der Waals surface area contributed by atoms with Crippen LogP contribution in [0.4, 0.5) is 0 Å². The maximum Gasteiger partial charge on any atom is 1.00 e. The minimum atomic E-state index is -3.09. The van der Waals surface area contributed by atoms with Crippen molar-refractivity contribution in [3.8, 4) is 5.75 Å². The first kappa shape index (κ1) is 11.5. The van der Waals surface area contributed by atoms with Crippen LogP contribution in [-0.2, 0) is 4.46 Å². The van der Waals surface area contributed by atoms with Gasteiger partial charge in [-0.15, -0.1) is 0 Å². The van der Waals surface area contributed by atoms with E-state index in [0.717, 1.165) is 0 Å². The summed E-state index contributed by atoms with van der Waals surface area (Å²) in [6.07, 6.45) is 0. The van der Waals surface area contributed by atoms with Gasteiger partial charge in [0.05, 0.1) is 0 Å². The van der Waals surface area contributed by atoms with Crippen LogP contribution in [0.2, 0.25) is 0 Å². The van der Waals surface area contributed by atoms with Crippen molar-refractivity contribution in [2.24, 2.45) is 0 Å². The van der Waals surface area contributed by atoms with Crippen LogP contribution in [0.1, 0.15) is 0 Å². The molecule has 0 bridgehead atoms. The van der Waals surface area contributed by atoms with Gasteiger partial charge in [0, 0.05) is 5.75 Å². The number of benzene rings is 1. The van der Waals surface area contributed by atoms with E-state index < -0.39 is 9.17 Å². The summed E-state index contributed by atoms with van der Waals surface area (Å²) in [6.45, 7) is 0. The molecule has 0 aliphatic heterocycles. The van der Waals surface area contributed by atoms with Crippen molar-refractivity contribution in [1.29, 1.82) is 0 Å². The topological polar surface area (TPSA) is 49.4 Å². The van der Waals surface area contributed by atoms with E-state index in [1.54, 1.807) is 30.3 Å². The van der Waals surface area contributed by atoms with E-state index in [9.17, 15) is 9.26 Å². The average molecular weight is 192 g/mol. The third-order valence-electron chi connectivity index (χ3n) is 0.944. The predicted molar refractivity (Wildman–Crippen MR) is 33.5 cm³/mol. The van der Waals surface area contributed by atoms with Gasteiger partial charge in [-0.05, 0) is 12.1 Å². The van der Waals surface area contributed by atoms with Crippen LogP contribution in [0.15, 0.2) is 30.3 Å². The van der Waals surface area contributed by atoms with E-state index in [1.807, 2.05) is 0 Å². The molecule has 5 heteroatoms. The summed E-state index contributed by atoms with van der Waals surface area (Å²) in [7, 11) is -3.09. The Morgan fingerprint density at radius 3 is 2.27 bits per heavy atom. The Bertz CT molecular complexity index is 227. The molecule has 0 spiro atoms. The average Bonchev–Trinajstić information content (AvgIpc) is 1.88. The second-order valence-corrected chi connectivity index (χ2v) is 2.37. The molecule has 0 N–H and O–H groups in total. The standard InChI is InChI=1S/C6H5O3Si.K/c7-10(8)9-6-4-2-1-3-5-6;/h1-5H;/q-1;+1. The fourth-order valence-electron chi connectivity index (χ4n) is 0.585. The van der Waals surface area contributed by atoms with Gasteiger partial charge in [-0.2, -0.15) is 0 Å². The van der Waals surface area contributed by atoms with E-state index >= 15 is 0 Å². The third-order valence-corrected chi connectivity index (χ3v) is 1.35. The van der Waals surface area contributed by atoms with Gasteiger partial charge in [0.25, 0.3) is 0 Å². The predicted octanol–water partition coefficient (Wildman–Crippen LogP) is -3.15. The molecular formula is C6H5KO3Si. The second-order valence-electron chi connectivity index (χ2n) is 1.67. The number of hydrogen-bond acceptors (Lipinski definition) is 3. The summed E-state index contributed by atoms with van der Waals surface area (Å²) in [6, 6.07) is 8.37. The summed E-state index contributed by atoms with van der Waals surface area (Å²) in [4.78, 5) is 10.0. The van der Waals surface area contributed by atoms with Crippen molar-refractivity contribution < 1.29 is 65.1 Å². The first-order chi connectivity index (χ1) is 4.79. The van der Waals surface area contributed by atoms with Gasteiger partial charge in [-0.25, -0.2) is 0 Å². The van der Waals surface area contributed by atoms with Crippen molar-refractivity contribution in [2.75, 3.05) is 0 Å². The molecule has 0 atom stereocenters. The molecule has 0 radical (unpaired) electrons. The summed E-state index contributed by atoms with van der Waals surface area (Å²) in [5.41, 5.74) is 0. The quantitative estimate of drug-likeness (QED) is 0.465. The first-order valence-electron chi connectivity index (χ1n) is 2.73. The van der Waals surface area contributed by atoms with Crippen LogP contribution >= 0.6 is 0 Å². The molecule has 1 aromatic carbocycles. The Morgan fingerprint density at radius 2 is 1.82 bits per heavy atom. The Hall–Kier alpha value is 0.473. The Kier molecular flexibility index (Phi) is 6.30. The summed E-state index contributed by atoms with van der Waals surface area (Å²) in [5.74, 6) is 0.362. The molecule has 0 fully saturated rings. The second kappa shape index (κ2) is 6.04. The molecule has 0 unspecified atom stereocenters. The fourth-order valence-corrected chi connectivity index (χ4v) is 0.913. The van der Waals surface area contributed by atoms with Crippen LogP contribution < -0.4 is 60.6 Å². The molecule has 0 aliphatic rings. The zero-order chi connectivity index (χ0) is 7.40. The van der Waals surface area contributed by atoms with Crippen molar-refractivity contribution in [1.82, 2.24) is 0 Å². The van der Waals surface area contributed by atoms with Gasteiger partial charge in [-0.1, -0.05) is 18.2 Å². The van der Waals surface area contributed by atoms with E-state index in [0.29, 0.717) is 5.75 Å². The zero-order valence-electron chi connectivity index (χ0n) is 6.11. The Balaban J connectivity index is 0.000001000. The van der Waals surface area contributed by atoms with Crippen LogP contribution in [-0.4, -0.2) is 9.17 Å². The van der Waals surface area contributed by atoms with E-state index in [-0.39, 0.29) is 51.4 Å². The minimum absolute atomic E-state index is 0. The van der Waals surface area contributed by atoms with Crippen LogP contribution in [0.5, 0.6) is 5.75 Å². The SMILES string of the molecule is O=[Si]([O-])Oc1ccccc1.[K+]. The molecule has 0 heterocycles. The molecule has 0 saturated heterocycles.